The Morgan fingerprint density at radius 3 is 2.27 bits per heavy atom. The first kappa shape index (κ1) is 17.0. The van der Waals surface area contributed by atoms with Crippen molar-refractivity contribution >= 4 is 39.1 Å². The van der Waals surface area contributed by atoms with E-state index in [1.165, 1.54) is 0 Å². The SMILES string of the molecule is C[C@H]([NH2+][C@H](C)c1ccc(Cl)cc1)C(=O)Nc1ccc(Br)cc1. The number of hydrogen-bond donors (Lipinski definition) is 2. The summed E-state index contributed by atoms with van der Waals surface area (Å²) in [5, 5.41) is 5.68. The van der Waals surface area contributed by atoms with Crippen LogP contribution in [0.1, 0.15) is 25.5 Å². The number of quaternary nitrogens is 1. The quantitative estimate of drug-likeness (QED) is 0.812. The molecule has 116 valence electrons. The molecule has 0 unspecified atom stereocenters. The van der Waals surface area contributed by atoms with Gasteiger partial charge in [-0.2, -0.15) is 0 Å². The van der Waals surface area contributed by atoms with Crippen LogP contribution in [0, 0.1) is 0 Å². The highest BCUT2D eigenvalue weighted by atomic mass is 79.9. The van der Waals surface area contributed by atoms with Gasteiger partial charge in [-0.05, 0) is 50.2 Å². The second-order valence-corrected chi connectivity index (χ2v) is 6.67. The summed E-state index contributed by atoms with van der Waals surface area (Å²) in [4.78, 5) is 12.2. The zero-order chi connectivity index (χ0) is 16.1. The highest BCUT2D eigenvalue weighted by molar-refractivity contribution is 9.10. The Bertz CT molecular complexity index is 628. The molecule has 2 rings (SSSR count). The normalized spacial score (nSPS) is 13.5. The van der Waals surface area contributed by atoms with E-state index in [0.717, 1.165) is 20.7 Å². The lowest BCUT2D eigenvalue weighted by atomic mass is 10.1. The van der Waals surface area contributed by atoms with E-state index in [4.69, 9.17) is 11.6 Å². The molecule has 0 saturated carbocycles. The van der Waals surface area contributed by atoms with Crippen molar-refractivity contribution in [3.63, 3.8) is 0 Å². The van der Waals surface area contributed by atoms with Gasteiger partial charge in [-0.1, -0.05) is 39.7 Å². The van der Waals surface area contributed by atoms with Crippen LogP contribution >= 0.6 is 27.5 Å². The van der Waals surface area contributed by atoms with Gasteiger partial charge in [-0.3, -0.25) is 4.79 Å². The van der Waals surface area contributed by atoms with Crippen molar-refractivity contribution in [2.45, 2.75) is 25.9 Å². The summed E-state index contributed by atoms with van der Waals surface area (Å²) in [6.07, 6.45) is 0. The Morgan fingerprint density at radius 2 is 1.68 bits per heavy atom. The summed E-state index contributed by atoms with van der Waals surface area (Å²) in [5.41, 5.74) is 1.94. The van der Waals surface area contributed by atoms with Gasteiger partial charge in [0.05, 0.1) is 0 Å². The maximum atomic E-state index is 12.2. The molecule has 0 bridgehead atoms. The molecule has 1 amide bonds. The zero-order valence-electron chi connectivity index (χ0n) is 12.5. The van der Waals surface area contributed by atoms with E-state index in [-0.39, 0.29) is 18.0 Å². The van der Waals surface area contributed by atoms with Gasteiger partial charge in [-0.25, -0.2) is 0 Å². The lowest BCUT2D eigenvalue weighted by Gasteiger charge is -2.17. The molecule has 3 nitrogen and oxygen atoms in total. The summed E-state index contributed by atoms with van der Waals surface area (Å²) >= 11 is 9.27. The van der Waals surface area contributed by atoms with E-state index < -0.39 is 0 Å². The lowest BCUT2D eigenvalue weighted by molar-refractivity contribution is -0.709. The monoisotopic (exact) mass is 381 g/mol. The number of anilines is 1. The molecule has 0 spiro atoms. The van der Waals surface area contributed by atoms with Gasteiger partial charge in [0, 0.05) is 20.7 Å². The number of nitrogens with two attached hydrogens (primary N) is 1. The highest BCUT2D eigenvalue weighted by Gasteiger charge is 2.20. The van der Waals surface area contributed by atoms with E-state index in [1.807, 2.05) is 60.8 Å². The Morgan fingerprint density at radius 1 is 1.09 bits per heavy atom. The van der Waals surface area contributed by atoms with Gasteiger partial charge in [0.25, 0.3) is 5.91 Å². The Hall–Kier alpha value is -1.36. The van der Waals surface area contributed by atoms with Crippen molar-refractivity contribution in [1.82, 2.24) is 0 Å². The van der Waals surface area contributed by atoms with E-state index in [1.54, 1.807) is 0 Å². The molecule has 0 saturated heterocycles. The molecule has 0 heterocycles. The standard InChI is InChI=1S/C17H18BrClN2O/c1-11(13-3-7-15(19)8-4-13)20-12(2)17(22)21-16-9-5-14(18)6-10-16/h3-12,20H,1-2H3,(H,21,22)/p+1/t11-,12+/m1/s1. The number of rotatable bonds is 5. The third-order valence-corrected chi connectivity index (χ3v) is 4.28. The van der Waals surface area contributed by atoms with Crippen LogP contribution in [0.15, 0.2) is 53.0 Å². The van der Waals surface area contributed by atoms with Gasteiger partial charge in [0.1, 0.15) is 6.04 Å². The van der Waals surface area contributed by atoms with Crippen LogP contribution in [-0.4, -0.2) is 11.9 Å². The number of carbonyl (C=O) groups excluding carboxylic acids is 1. The molecule has 2 aromatic carbocycles. The summed E-state index contributed by atoms with van der Waals surface area (Å²) in [5.74, 6) is -0.0110. The minimum atomic E-state index is -0.186. The fourth-order valence-corrected chi connectivity index (χ4v) is 2.58. The van der Waals surface area contributed by atoms with Crippen LogP contribution in [0.5, 0.6) is 0 Å². The molecular formula is C17H19BrClN2O+. The topological polar surface area (TPSA) is 45.7 Å². The smallest absolute Gasteiger partial charge is 0.282 e. The second-order valence-electron chi connectivity index (χ2n) is 5.32. The number of carbonyl (C=O) groups is 1. The van der Waals surface area contributed by atoms with Gasteiger partial charge in [0.15, 0.2) is 6.04 Å². The molecular weight excluding hydrogens is 364 g/mol. The molecule has 0 aliphatic rings. The Labute approximate surface area is 144 Å². The van der Waals surface area contributed by atoms with Crippen molar-refractivity contribution in [3.8, 4) is 0 Å². The largest absolute Gasteiger partial charge is 0.330 e. The first-order valence-electron chi connectivity index (χ1n) is 7.12. The fraction of sp³-hybridized carbons (Fsp3) is 0.235. The van der Waals surface area contributed by atoms with Gasteiger partial charge >= 0.3 is 0 Å². The molecule has 2 atom stereocenters. The summed E-state index contributed by atoms with van der Waals surface area (Å²) < 4.78 is 0.987. The molecule has 22 heavy (non-hydrogen) atoms. The average Bonchev–Trinajstić information content (AvgIpc) is 2.50. The van der Waals surface area contributed by atoms with Crippen molar-refractivity contribution in [2.75, 3.05) is 5.32 Å². The number of amides is 1. The molecule has 2 aromatic rings. The maximum Gasteiger partial charge on any atom is 0.282 e. The number of hydrogen-bond acceptors (Lipinski definition) is 1. The van der Waals surface area contributed by atoms with Crippen LogP contribution in [0.4, 0.5) is 5.69 Å². The molecule has 5 heteroatoms. The van der Waals surface area contributed by atoms with E-state index in [9.17, 15) is 4.79 Å². The van der Waals surface area contributed by atoms with Crippen molar-refractivity contribution in [3.05, 3.63) is 63.6 Å². The fourth-order valence-electron chi connectivity index (χ4n) is 2.19. The molecule has 3 N–H and O–H groups in total. The number of nitrogens with one attached hydrogen (secondary N) is 1. The van der Waals surface area contributed by atoms with Gasteiger partial charge in [0.2, 0.25) is 0 Å². The number of halogens is 2. The molecule has 0 aliphatic carbocycles. The molecule has 0 radical (unpaired) electrons. The first-order valence-corrected chi connectivity index (χ1v) is 8.29. The lowest BCUT2D eigenvalue weighted by Crippen LogP contribution is -2.91. The van der Waals surface area contributed by atoms with Crippen LogP contribution in [0.2, 0.25) is 5.02 Å². The van der Waals surface area contributed by atoms with Crippen molar-refractivity contribution < 1.29 is 10.1 Å². The summed E-state index contributed by atoms with van der Waals surface area (Å²) in [7, 11) is 0. The molecule has 0 fully saturated rings. The maximum absolute atomic E-state index is 12.2. The summed E-state index contributed by atoms with van der Waals surface area (Å²) in [6, 6.07) is 15.3. The second kappa shape index (κ2) is 7.77. The van der Waals surface area contributed by atoms with E-state index in [2.05, 4.69) is 28.2 Å². The Balaban J connectivity index is 1.93. The first-order chi connectivity index (χ1) is 10.5. The third kappa shape index (κ3) is 4.83. The minimum Gasteiger partial charge on any atom is -0.330 e. The zero-order valence-corrected chi connectivity index (χ0v) is 14.9. The average molecular weight is 383 g/mol. The van der Waals surface area contributed by atoms with Crippen LogP contribution in [0.25, 0.3) is 0 Å². The van der Waals surface area contributed by atoms with E-state index >= 15 is 0 Å². The van der Waals surface area contributed by atoms with Crippen molar-refractivity contribution in [2.24, 2.45) is 0 Å². The molecule has 0 aliphatic heterocycles. The predicted octanol–water partition coefficient (Wildman–Crippen LogP) is 3.75. The predicted molar refractivity (Wildman–Crippen MR) is 94.0 cm³/mol. The van der Waals surface area contributed by atoms with E-state index in [0.29, 0.717) is 0 Å². The third-order valence-electron chi connectivity index (χ3n) is 3.50. The van der Waals surface area contributed by atoms with Gasteiger partial charge in [-0.15, -0.1) is 0 Å². The minimum absolute atomic E-state index is 0.0110. The van der Waals surface area contributed by atoms with Crippen molar-refractivity contribution in [1.29, 1.82) is 0 Å². The summed E-state index contributed by atoms with van der Waals surface area (Å²) in [6.45, 7) is 3.98. The van der Waals surface area contributed by atoms with Crippen LogP contribution in [-0.2, 0) is 4.79 Å². The van der Waals surface area contributed by atoms with Crippen LogP contribution < -0.4 is 10.6 Å². The molecule has 0 aromatic heterocycles. The highest BCUT2D eigenvalue weighted by Crippen LogP contribution is 2.15. The van der Waals surface area contributed by atoms with Crippen LogP contribution in [0.3, 0.4) is 0 Å². The van der Waals surface area contributed by atoms with Gasteiger partial charge < -0.3 is 10.6 Å². The Kier molecular flexibility index (Phi) is 6.00. The number of benzene rings is 2.